The van der Waals surface area contributed by atoms with E-state index < -0.39 is 0 Å². The number of carbonyl (C=O) groups excluding carboxylic acids is 1. The van der Waals surface area contributed by atoms with Crippen LogP contribution in [0.4, 0.5) is 9.18 Å². The molecule has 0 saturated carbocycles. The molecule has 1 aliphatic rings. The van der Waals surface area contributed by atoms with Gasteiger partial charge >= 0.3 is 6.03 Å². The van der Waals surface area contributed by atoms with E-state index in [4.69, 9.17) is 0 Å². The minimum atomic E-state index is -0.225. The van der Waals surface area contributed by atoms with Crippen LogP contribution in [-0.4, -0.2) is 30.6 Å². The zero-order chi connectivity index (χ0) is 12.3. The minimum Gasteiger partial charge on any atom is -0.335 e. The molecule has 1 fully saturated rings. The molecule has 2 rings (SSSR count). The Balaban J connectivity index is 1.86. The molecule has 3 nitrogen and oxygen atoms in total. The summed E-state index contributed by atoms with van der Waals surface area (Å²) in [6.07, 6.45) is 1.64. The molecular weight excluding hydrogens is 219 g/mol. The molecule has 0 spiro atoms. The van der Waals surface area contributed by atoms with Gasteiger partial charge < -0.3 is 10.2 Å². The summed E-state index contributed by atoms with van der Waals surface area (Å²) in [4.78, 5) is 13.2. The SMILES string of the molecule is C=CCNC(=O)N1CC(c2cccc(F)c2)C1. The summed E-state index contributed by atoms with van der Waals surface area (Å²) >= 11 is 0. The first-order valence-electron chi connectivity index (χ1n) is 5.60. The standard InChI is InChI=1S/C13H15FN2O/c1-2-6-15-13(17)16-8-11(9-16)10-4-3-5-12(14)7-10/h2-5,7,11H,1,6,8-9H2,(H,15,17). The van der Waals surface area contributed by atoms with Crippen LogP contribution in [-0.2, 0) is 0 Å². The maximum Gasteiger partial charge on any atom is 0.317 e. The zero-order valence-electron chi connectivity index (χ0n) is 9.53. The van der Waals surface area contributed by atoms with E-state index in [-0.39, 0.29) is 17.8 Å². The zero-order valence-corrected chi connectivity index (χ0v) is 9.53. The fraction of sp³-hybridized carbons (Fsp3) is 0.308. The molecule has 0 aromatic heterocycles. The molecule has 1 aliphatic heterocycles. The highest BCUT2D eigenvalue weighted by Gasteiger charge is 2.31. The molecule has 1 aromatic carbocycles. The summed E-state index contributed by atoms with van der Waals surface area (Å²) in [5, 5.41) is 2.71. The molecular formula is C13H15FN2O. The number of likely N-dealkylation sites (tertiary alicyclic amines) is 1. The molecule has 1 aromatic rings. The highest BCUT2D eigenvalue weighted by Crippen LogP contribution is 2.27. The van der Waals surface area contributed by atoms with E-state index in [1.54, 1.807) is 17.0 Å². The van der Waals surface area contributed by atoms with Crippen LogP contribution in [0, 0.1) is 5.82 Å². The molecule has 90 valence electrons. The molecule has 4 heteroatoms. The lowest BCUT2D eigenvalue weighted by atomic mass is 9.92. The van der Waals surface area contributed by atoms with Crippen LogP contribution in [0.3, 0.4) is 0 Å². The third-order valence-electron chi connectivity index (χ3n) is 2.89. The number of benzene rings is 1. The van der Waals surface area contributed by atoms with Crippen molar-refractivity contribution < 1.29 is 9.18 Å². The summed E-state index contributed by atoms with van der Waals surface area (Å²) in [5.41, 5.74) is 0.956. The van der Waals surface area contributed by atoms with Crippen molar-refractivity contribution in [3.8, 4) is 0 Å². The number of amides is 2. The highest BCUT2D eigenvalue weighted by molar-refractivity contribution is 5.75. The van der Waals surface area contributed by atoms with Gasteiger partial charge in [0.2, 0.25) is 0 Å². The molecule has 0 atom stereocenters. The summed E-state index contributed by atoms with van der Waals surface area (Å²) in [6, 6.07) is 6.47. The molecule has 1 heterocycles. The number of rotatable bonds is 3. The Morgan fingerprint density at radius 3 is 3.00 bits per heavy atom. The van der Waals surface area contributed by atoms with Crippen molar-refractivity contribution in [3.05, 3.63) is 48.3 Å². The maximum absolute atomic E-state index is 13.0. The largest absolute Gasteiger partial charge is 0.335 e. The molecule has 1 saturated heterocycles. The van der Waals surface area contributed by atoms with E-state index in [1.807, 2.05) is 6.07 Å². The average Bonchev–Trinajstić information content (AvgIpc) is 2.24. The van der Waals surface area contributed by atoms with Gasteiger partial charge in [0.1, 0.15) is 5.82 Å². The fourth-order valence-corrected chi connectivity index (χ4v) is 1.89. The van der Waals surface area contributed by atoms with Crippen molar-refractivity contribution >= 4 is 6.03 Å². The van der Waals surface area contributed by atoms with Gasteiger partial charge in [-0.15, -0.1) is 6.58 Å². The van der Waals surface area contributed by atoms with Crippen molar-refractivity contribution in [2.24, 2.45) is 0 Å². The van der Waals surface area contributed by atoms with Gasteiger partial charge in [-0.05, 0) is 17.7 Å². The normalized spacial score (nSPS) is 15.2. The van der Waals surface area contributed by atoms with Crippen LogP contribution >= 0.6 is 0 Å². The second kappa shape index (κ2) is 4.99. The van der Waals surface area contributed by atoms with E-state index in [2.05, 4.69) is 11.9 Å². The summed E-state index contributed by atoms with van der Waals surface area (Å²) in [6.45, 7) is 5.30. The average molecular weight is 234 g/mol. The van der Waals surface area contributed by atoms with E-state index in [9.17, 15) is 9.18 Å². The summed E-state index contributed by atoms with van der Waals surface area (Å²) in [7, 11) is 0. The van der Waals surface area contributed by atoms with Gasteiger partial charge in [-0.2, -0.15) is 0 Å². The Morgan fingerprint density at radius 1 is 1.59 bits per heavy atom. The van der Waals surface area contributed by atoms with Gasteiger partial charge in [-0.25, -0.2) is 9.18 Å². The van der Waals surface area contributed by atoms with Gasteiger partial charge in [0.05, 0.1) is 0 Å². The Bertz CT molecular complexity index is 427. The quantitative estimate of drug-likeness (QED) is 0.798. The van der Waals surface area contributed by atoms with Crippen LogP contribution < -0.4 is 5.32 Å². The van der Waals surface area contributed by atoms with Crippen LogP contribution in [0.1, 0.15) is 11.5 Å². The second-order valence-corrected chi connectivity index (χ2v) is 4.13. The summed E-state index contributed by atoms with van der Waals surface area (Å²) < 4.78 is 13.0. The Kier molecular flexibility index (Phi) is 3.42. The van der Waals surface area contributed by atoms with Crippen LogP contribution in [0.2, 0.25) is 0 Å². The number of carbonyl (C=O) groups is 1. The van der Waals surface area contributed by atoms with E-state index in [0.717, 1.165) is 5.56 Å². The van der Waals surface area contributed by atoms with E-state index >= 15 is 0 Å². The van der Waals surface area contributed by atoms with Gasteiger partial charge in [-0.1, -0.05) is 18.2 Å². The molecule has 0 bridgehead atoms. The smallest absolute Gasteiger partial charge is 0.317 e. The Hall–Kier alpha value is -1.84. The van der Waals surface area contributed by atoms with Crippen molar-refractivity contribution in [3.63, 3.8) is 0 Å². The van der Waals surface area contributed by atoms with Crippen molar-refractivity contribution in [1.82, 2.24) is 10.2 Å². The maximum atomic E-state index is 13.0. The second-order valence-electron chi connectivity index (χ2n) is 4.13. The monoisotopic (exact) mass is 234 g/mol. The lowest BCUT2D eigenvalue weighted by Gasteiger charge is -2.39. The number of halogens is 1. The number of urea groups is 1. The van der Waals surface area contributed by atoms with Gasteiger partial charge in [-0.3, -0.25) is 0 Å². The van der Waals surface area contributed by atoms with Crippen LogP contribution in [0.5, 0.6) is 0 Å². The molecule has 0 unspecified atom stereocenters. The number of nitrogens with zero attached hydrogens (tertiary/aromatic N) is 1. The number of hydrogen-bond donors (Lipinski definition) is 1. The first-order chi connectivity index (χ1) is 8.20. The van der Waals surface area contributed by atoms with Crippen LogP contribution in [0.15, 0.2) is 36.9 Å². The van der Waals surface area contributed by atoms with Gasteiger partial charge in [0.25, 0.3) is 0 Å². The Labute approximate surface area is 99.9 Å². The number of hydrogen-bond acceptors (Lipinski definition) is 1. The first kappa shape index (κ1) is 11.6. The fourth-order valence-electron chi connectivity index (χ4n) is 1.89. The van der Waals surface area contributed by atoms with Gasteiger partial charge in [0.15, 0.2) is 0 Å². The third-order valence-corrected chi connectivity index (χ3v) is 2.89. The summed E-state index contributed by atoms with van der Waals surface area (Å²) in [5.74, 6) is 0.0252. The molecule has 2 amide bonds. The highest BCUT2D eigenvalue weighted by atomic mass is 19.1. The van der Waals surface area contributed by atoms with Gasteiger partial charge in [0, 0.05) is 25.6 Å². The van der Waals surface area contributed by atoms with Crippen LogP contribution in [0.25, 0.3) is 0 Å². The molecule has 1 N–H and O–H groups in total. The predicted octanol–water partition coefficient (Wildman–Crippen LogP) is 2.12. The Morgan fingerprint density at radius 2 is 2.35 bits per heavy atom. The third kappa shape index (κ3) is 2.64. The molecule has 0 radical (unpaired) electrons. The van der Waals surface area contributed by atoms with Crippen molar-refractivity contribution in [2.75, 3.05) is 19.6 Å². The topological polar surface area (TPSA) is 32.3 Å². The molecule has 17 heavy (non-hydrogen) atoms. The number of nitrogens with one attached hydrogen (secondary N) is 1. The lowest BCUT2D eigenvalue weighted by Crippen LogP contribution is -2.52. The minimum absolute atomic E-state index is 0.0856. The lowest BCUT2D eigenvalue weighted by molar-refractivity contribution is 0.152. The first-order valence-corrected chi connectivity index (χ1v) is 5.60. The van der Waals surface area contributed by atoms with E-state index in [0.29, 0.717) is 19.6 Å². The molecule has 0 aliphatic carbocycles. The van der Waals surface area contributed by atoms with Crippen molar-refractivity contribution in [1.29, 1.82) is 0 Å². The van der Waals surface area contributed by atoms with Crippen molar-refractivity contribution in [2.45, 2.75) is 5.92 Å². The predicted molar refractivity (Wildman–Crippen MR) is 64.3 cm³/mol. The van der Waals surface area contributed by atoms with E-state index in [1.165, 1.54) is 12.1 Å².